The topological polar surface area (TPSA) is 80.7 Å². The maximum Gasteiger partial charge on any atom is 0.0670 e. The van der Waals surface area contributed by atoms with Gasteiger partial charge in [-0.3, -0.25) is 4.99 Å². The van der Waals surface area contributed by atoms with E-state index < -0.39 is 0 Å². The van der Waals surface area contributed by atoms with Gasteiger partial charge in [0.15, 0.2) is 0 Å². The van der Waals surface area contributed by atoms with Crippen LogP contribution in [0.25, 0.3) is 10.4 Å². The Morgan fingerprint density at radius 2 is 1.79 bits per heavy atom. The van der Waals surface area contributed by atoms with Crippen molar-refractivity contribution in [2.75, 3.05) is 12.9 Å². The van der Waals surface area contributed by atoms with E-state index in [0.29, 0.717) is 12.2 Å². The van der Waals surface area contributed by atoms with Gasteiger partial charge in [0, 0.05) is 47.4 Å². The fourth-order valence-corrected chi connectivity index (χ4v) is 6.68. The van der Waals surface area contributed by atoms with Crippen LogP contribution in [0.1, 0.15) is 106 Å². The molecule has 0 radical (unpaired) electrons. The number of aliphatic imine (C=N–C) groups is 1. The van der Waals surface area contributed by atoms with Crippen LogP contribution >= 0.6 is 23.3 Å². The summed E-state index contributed by atoms with van der Waals surface area (Å²) in [5.74, 6) is 2.12. The van der Waals surface area contributed by atoms with Crippen LogP contribution in [0.3, 0.4) is 0 Å². The van der Waals surface area contributed by atoms with E-state index in [-0.39, 0.29) is 0 Å². The zero-order valence-electron chi connectivity index (χ0n) is 28.8. The van der Waals surface area contributed by atoms with Crippen molar-refractivity contribution >= 4 is 29.5 Å². The summed E-state index contributed by atoms with van der Waals surface area (Å²) in [6, 6.07) is 10.6. The average Bonchev–Trinajstić information content (AvgIpc) is 3.63. The van der Waals surface area contributed by atoms with E-state index in [1.165, 1.54) is 45.7 Å². The number of unbranched alkanes of at least 4 members (excludes halogenated alkanes) is 1. The molecular weight excluding hydrogens is 571 g/mol. The second-order valence-corrected chi connectivity index (χ2v) is 12.0. The van der Waals surface area contributed by atoms with Gasteiger partial charge >= 0.3 is 0 Å². The minimum Gasteiger partial charge on any atom is -0.400 e. The first-order valence-electron chi connectivity index (χ1n) is 15.7. The summed E-state index contributed by atoms with van der Waals surface area (Å²) in [6.45, 7) is 20.8. The summed E-state index contributed by atoms with van der Waals surface area (Å²) in [5.41, 5.74) is 15.5. The van der Waals surface area contributed by atoms with Crippen LogP contribution in [0, 0.1) is 6.92 Å². The number of ether oxygens (including phenoxy) is 1. The van der Waals surface area contributed by atoms with E-state index in [9.17, 15) is 0 Å². The van der Waals surface area contributed by atoms with Gasteiger partial charge in [0.25, 0.3) is 0 Å². The molecule has 1 fully saturated rings. The van der Waals surface area contributed by atoms with Crippen LogP contribution in [-0.4, -0.2) is 40.8 Å². The Labute approximate surface area is 272 Å². The lowest BCUT2D eigenvalue weighted by atomic mass is 9.97. The molecule has 5 nitrogen and oxygen atoms in total. The summed E-state index contributed by atoms with van der Waals surface area (Å²) < 4.78 is 10.4. The summed E-state index contributed by atoms with van der Waals surface area (Å²) >= 11 is 3.59. The van der Waals surface area contributed by atoms with E-state index in [0.717, 1.165) is 54.8 Å². The highest BCUT2D eigenvalue weighted by Gasteiger charge is 2.22. The maximum absolute atomic E-state index is 7.00. The van der Waals surface area contributed by atoms with Gasteiger partial charge in [-0.05, 0) is 95.5 Å². The van der Waals surface area contributed by atoms with E-state index in [1.54, 1.807) is 11.5 Å². The predicted molar refractivity (Wildman–Crippen MR) is 194 cm³/mol. The lowest BCUT2D eigenvalue weighted by Crippen LogP contribution is -2.11. The quantitative estimate of drug-likeness (QED) is 0.191. The standard InChI is InChI=1S/C17H21NOS2.C16H28N2.C2H6.CH4O/c1-12-8-9-15(19-12)10-20-11-16-13(2)18-21-17(16)14-6-4-3-5-7-14;1-7-10-11-13(5)15(14(6)18-9-3)16(17)12(4)8-2;2*1-2/h3-7,12,15H,8-11H2,1-2H3;9,11H,7-8,10,17H2,1-6H3;1-2H3;2H,1H3/b;13-11-,15-14-,16-12-,18-9?;;. The number of aliphatic hydroxyl groups is 1. The van der Waals surface area contributed by atoms with Gasteiger partial charge in [-0.15, -0.1) is 0 Å². The Hall–Kier alpha value is -2.19. The fraction of sp³-hybridized carbons (Fsp3) is 0.556. The van der Waals surface area contributed by atoms with Crippen molar-refractivity contribution in [3.05, 3.63) is 75.8 Å². The Morgan fingerprint density at radius 3 is 2.33 bits per heavy atom. The van der Waals surface area contributed by atoms with Crippen molar-refractivity contribution < 1.29 is 9.84 Å². The monoisotopic (exact) mass is 629 g/mol. The molecule has 7 heteroatoms. The third kappa shape index (κ3) is 14.4. The molecule has 0 saturated carbocycles. The molecule has 1 aromatic carbocycles. The molecule has 1 aliphatic rings. The van der Waals surface area contributed by atoms with E-state index in [1.807, 2.05) is 45.7 Å². The highest BCUT2D eigenvalue weighted by molar-refractivity contribution is 7.98. The third-order valence-electron chi connectivity index (χ3n) is 6.97. The number of nitrogens with two attached hydrogens (primary N) is 1. The summed E-state index contributed by atoms with van der Waals surface area (Å²) in [4.78, 5) is 5.71. The Bertz CT molecular complexity index is 1150. The lowest BCUT2D eigenvalue weighted by Gasteiger charge is -2.14. The molecule has 2 unspecified atom stereocenters. The maximum atomic E-state index is 7.00. The molecule has 0 spiro atoms. The summed E-state index contributed by atoms with van der Waals surface area (Å²) in [5, 5.41) is 7.00. The van der Waals surface area contributed by atoms with Crippen molar-refractivity contribution in [3.8, 4) is 10.4 Å². The molecule has 3 N–H and O–H groups in total. The molecule has 1 saturated heterocycles. The van der Waals surface area contributed by atoms with Crippen LogP contribution < -0.4 is 5.73 Å². The van der Waals surface area contributed by atoms with E-state index >= 15 is 0 Å². The number of thioether (sulfide) groups is 1. The molecule has 2 heterocycles. The molecule has 242 valence electrons. The van der Waals surface area contributed by atoms with Crippen molar-refractivity contribution in [3.63, 3.8) is 0 Å². The molecule has 0 amide bonds. The third-order valence-corrected chi connectivity index (χ3v) is 9.10. The van der Waals surface area contributed by atoms with Crippen molar-refractivity contribution in [2.45, 2.75) is 119 Å². The van der Waals surface area contributed by atoms with Crippen LogP contribution in [0.2, 0.25) is 0 Å². The van der Waals surface area contributed by atoms with Gasteiger partial charge in [-0.1, -0.05) is 70.5 Å². The molecule has 43 heavy (non-hydrogen) atoms. The molecular formula is C36H59N3O2S2. The molecule has 0 aliphatic carbocycles. The summed E-state index contributed by atoms with van der Waals surface area (Å²) in [7, 11) is 1.00. The second kappa shape index (κ2) is 24.2. The first kappa shape index (κ1) is 40.8. The van der Waals surface area contributed by atoms with Crippen molar-refractivity contribution in [2.24, 2.45) is 10.7 Å². The predicted octanol–water partition coefficient (Wildman–Crippen LogP) is 10.3. The van der Waals surface area contributed by atoms with Crippen LogP contribution in [0.5, 0.6) is 0 Å². The number of allylic oxidation sites excluding steroid dienone is 4. The van der Waals surface area contributed by atoms with Crippen LogP contribution in [-0.2, 0) is 10.5 Å². The zero-order chi connectivity index (χ0) is 32.8. The number of aromatic nitrogens is 1. The Morgan fingerprint density at radius 1 is 1.14 bits per heavy atom. The fourth-order valence-electron chi connectivity index (χ4n) is 4.49. The Balaban J connectivity index is 0.000000745. The minimum absolute atomic E-state index is 0.442. The van der Waals surface area contributed by atoms with Gasteiger partial charge in [0.2, 0.25) is 0 Å². The number of aliphatic hydroxyl groups excluding tert-OH is 1. The molecule has 1 aromatic heterocycles. The Kier molecular flexibility index (Phi) is 22.9. The first-order chi connectivity index (χ1) is 20.7. The average molecular weight is 630 g/mol. The smallest absolute Gasteiger partial charge is 0.0670 e. The van der Waals surface area contributed by atoms with Gasteiger partial charge in [-0.2, -0.15) is 16.1 Å². The molecule has 1 aliphatic heterocycles. The van der Waals surface area contributed by atoms with E-state index in [2.05, 4.69) is 87.3 Å². The molecule has 2 atom stereocenters. The number of rotatable bonds is 11. The normalized spacial score (nSPS) is 17.5. The number of hydrogen-bond acceptors (Lipinski definition) is 7. The highest BCUT2D eigenvalue weighted by Crippen LogP contribution is 2.34. The van der Waals surface area contributed by atoms with Crippen LogP contribution in [0.4, 0.5) is 0 Å². The SMILES string of the molecule is CC.CC=N/C(C)=C(C(/C)=C\CCC)\C(N)=C(/C)CC.CO.Cc1nsc(-c2ccccc2)c1CSCC1CCC(C)O1. The van der Waals surface area contributed by atoms with Crippen LogP contribution in [0.15, 0.2) is 69.5 Å². The number of aryl methyl sites for hydroxylation is 1. The van der Waals surface area contributed by atoms with Gasteiger partial charge < -0.3 is 15.6 Å². The van der Waals surface area contributed by atoms with Crippen molar-refractivity contribution in [1.29, 1.82) is 0 Å². The summed E-state index contributed by atoms with van der Waals surface area (Å²) in [6.07, 6.45) is 10.6. The molecule has 0 bridgehead atoms. The van der Waals surface area contributed by atoms with Gasteiger partial charge in [-0.25, -0.2) is 0 Å². The van der Waals surface area contributed by atoms with E-state index in [4.69, 9.17) is 15.6 Å². The molecule has 2 aromatic rings. The molecule has 3 rings (SSSR count). The second-order valence-electron chi connectivity index (χ2n) is 10.2. The zero-order valence-corrected chi connectivity index (χ0v) is 30.4. The number of nitrogens with zero attached hydrogens (tertiary/aromatic N) is 2. The largest absolute Gasteiger partial charge is 0.400 e. The van der Waals surface area contributed by atoms with Crippen molar-refractivity contribution in [1.82, 2.24) is 4.37 Å². The highest BCUT2D eigenvalue weighted by atomic mass is 32.2. The number of hydrogen-bond donors (Lipinski definition) is 2. The van der Waals surface area contributed by atoms with Gasteiger partial charge in [0.05, 0.1) is 22.8 Å². The first-order valence-corrected chi connectivity index (χ1v) is 17.7. The lowest BCUT2D eigenvalue weighted by molar-refractivity contribution is 0.0700. The minimum atomic E-state index is 0.442. The number of benzene rings is 1. The van der Waals surface area contributed by atoms with Gasteiger partial charge in [0.1, 0.15) is 0 Å².